The molecule has 0 radical (unpaired) electrons. The van der Waals surface area contributed by atoms with Crippen LogP contribution in [0.4, 0.5) is 4.39 Å². The number of Topliss-reactive ketones (excluding diaryl/α,β-unsaturated/α-hetero) is 1. The van der Waals surface area contributed by atoms with Crippen molar-refractivity contribution in [2.24, 2.45) is 0 Å². The molecule has 0 aliphatic heterocycles. The smallest absolute Gasteiger partial charge is 0.182 e. The highest BCUT2D eigenvalue weighted by Crippen LogP contribution is 2.22. The van der Waals surface area contributed by atoms with Crippen molar-refractivity contribution in [1.29, 1.82) is 0 Å². The van der Waals surface area contributed by atoms with E-state index < -0.39 is 11.9 Å². The molecule has 2 rings (SSSR count). The van der Waals surface area contributed by atoms with Gasteiger partial charge >= 0.3 is 0 Å². The van der Waals surface area contributed by atoms with Crippen molar-refractivity contribution in [3.63, 3.8) is 0 Å². The van der Waals surface area contributed by atoms with Gasteiger partial charge in [-0.25, -0.2) is 4.39 Å². The predicted molar refractivity (Wildman–Crippen MR) is 59.0 cm³/mol. The average Bonchev–Trinajstić information content (AvgIpc) is 2.76. The number of benzene rings is 1. The first-order valence-corrected chi connectivity index (χ1v) is 5.02. The van der Waals surface area contributed by atoms with Crippen LogP contribution in [0.5, 0.6) is 0 Å². The third-order valence-electron chi connectivity index (χ3n) is 2.65. The molecule has 0 amide bonds. The Morgan fingerprint density at radius 2 is 2.19 bits per heavy atom. The molecule has 16 heavy (non-hydrogen) atoms. The number of likely N-dealkylation sites (N-methyl/N-ethyl adjacent to an activating group) is 1. The van der Waals surface area contributed by atoms with Crippen LogP contribution >= 0.6 is 0 Å². The highest BCUT2D eigenvalue weighted by molar-refractivity contribution is 6.02. The lowest BCUT2D eigenvalue weighted by molar-refractivity contribution is 0.0951. The van der Waals surface area contributed by atoms with Crippen LogP contribution in [0.3, 0.4) is 0 Å². The second kappa shape index (κ2) is 4.06. The van der Waals surface area contributed by atoms with Gasteiger partial charge in [0.1, 0.15) is 0 Å². The predicted octanol–water partition coefficient (Wildman–Crippen LogP) is 2.36. The van der Waals surface area contributed by atoms with Crippen LogP contribution in [-0.4, -0.2) is 18.9 Å². The molecule has 3 nitrogen and oxygen atoms in total. The minimum Gasteiger partial charge on any atom is -0.461 e. The Labute approximate surface area is 92.2 Å². The lowest BCUT2D eigenvalue weighted by Gasteiger charge is -2.09. The first-order chi connectivity index (χ1) is 7.65. The Morgan fingerprint density at radius 3 is 2.88 bits per heavy atom. The monoisotopic (exact) mass is 221 g/mol. The second-order valence-corrected chi connectivity index (χ2v) is 3.64. The number of rotatable bonds is 3. The van der Waals surface area contributed by atoms with E-state index in [1.165, 1.54) is 12.3 Å². The van der Waals surface area contributed by atoms with Gasteiger partial charge < -0.3 is 9.73 Å². The van der Waals surface area contributed by atoms with Crippen LogP contribution in [-0.2, 0) is 0 Å². The number of halogens is 1. The van der Waals surface area contributed by atoms with Crippen LogP contribution in [0, 0.1) is 5.82 Å². The van der Waals surface area contributed by atoms with Crippen molar-refractivity contribution >= 4 is 16.8 Å². The summed E-state index contributed by atoms with van der Waals surface area (Å²) in [6.45, 7) is 1.69. The molecular formula is C12H12FNO2. The molecule has 0 bridgehead atoms. The summed E-state index contributed by atoms with van der Waals surface area (Å²) < 4.78 is 18.9. The first kappa shape index (κ1) is 10.8. The number of carbonyl (C=O) groups excluding carboxylic acids is 1. The van der Waals surface area contributed by atoms with Crippen LogP contribution in [0.2, 0.25) is 0 Å². The third-order valence-corrected chi connectivity index (χ3v) is 2.65. The number of carbonyl (C=O) groups is 1. The number of furan rings is 1. The summed E-state index contributed by atoms with van der Waals surface area (Å²) in [5, 5.41) is 3.44. The number of hydrogen-bond acceptors (Lipinski definition) is 3. The van der Waals surface area contributed by atoms with Crippen molar-refractivity contribution in [3.8, 4) is 0 Å². The summed E-state index contributed by atoms with van der Waals surface area (Å²) in [5.41, 5.74) is 0.193. The Kier molecular flexibility index (Phi) is 2.75. The fourth-order valence-electron chi connectivity index (χ4n) is 1.55. The zero-order valence-corrected chi connectivity index (χ0v) is 9.08. The first-order valence-electron chi connectivity index (χ1n) is 5.02. The van der Waals surface area contributed by atoms with Gasteiger partial charge in [-0.3, -0.25) is 4.79 Å². The standard InChI is InChI=1S/C12H12FNO2/c1-7(14-2)11(15)9-4-3-8-5-6-16-12(8)10(9)13/h3-7,14H,1-2H3. The molecule has 1 atom stereocenters. The third kappa shape index (κ3) is 1.61. The zero-order chi connectivity index (χ0) is 11.7. The Hall–Kier alpha value is -1.68. The van der Waals surface area contributed by atoms with Crippen LogP contribution in [0.25, 0.3) is 11.0 Å². The van der Waals surface area contributed by atoms with E-state index in [0.29, 0.717) is 5.39 Å². The molecule has 1 aromatic heterocycles. The van der Waals surface area contributed by atoms with E-state index in [1.807, 2.05) is 0 Å². The highest BCUT2D eigenvalue weighted by Gasteiger charge is 2.20. The Bertz CT molecular complexity index is 533. The minimum absolute atomic E-state index is 0.0595. The maximum Gasteiger partial charge on any atom is 0.182 e. The van der Waals surface area contributed by atoms with E-state index in [2.05, 4.69) is 5.32 Å². The highest BCUT2D eigenvalue weighted by atomic mass is 19.1. The maximum atomic E-state index is 13.9. The molecule has 1 aromatic carbocycles. The van der Waals surface area contributed by atoms with E-state index in [4.69, 9.17) is 4.42 Å². The number of fused-ring (bicyclic) bond motifs is 1. The minimum atomic E-state index is -0.588. The molecule has 4 heteroatoms. The van der Waals surface area contributed by atoms with Crippen molar-refractivity contribution in [2.75, 3.05) is 7.05 Å². The molecule has 1 heterocycles. The van der Waals surface area contributed by atoms with E-state index in [0.717, 1.165) is 0 Å². The quantitative estimate of drug-likeness (QED) is 0.809. The Balaban J connectivity index is 2.52. The molecule has 0 aliphatic carbocycles. The molecule has 0 fully saturated rings. The van der Waals surface area contributed by atoms with Crippen molar-refractivity contribution in [1.82, 2.24) is 5.32 Å². The largest absolute Gasteiger partial charge is 0.461 e. The lowest BCUT2D eigenvalue weighted by atomic mass is 10.0. The molecule has 2 aromatic rings. The van der Waals surface area contributed by atoms with Crippen molar-refractivity contribution < 1.29 is 13.6 Å². The maximum absolute atomic E-state index is 13.9. The SMILES string of the molecule is CNC(C)C(=O)c1ccc2ccoc2c1F. The molecular weight excluding hydrogens is 209 g/mol. The summed E-state index contributed by atoms with van der Waals surface area (Å²) in [6, 6.07) is 4.41. The van der Waals surface area contributed by atoms with Gasteiger partial charge in [0.05, 0.1) is 17.9 Å². The lowest BCUT2D eigenvalue weighted by Crippen LogP contribution is -2.31. The van der Waals surface area contributed by atoms with Gasteiger partial charge in [-0.1, -0.05) is 6.07 Å². The zero-order valence-electron chi connectivity index (χ0n) is 9.08. The van der Waals surface area contributed by atoms with E-state index in [1.54, 1.807) is 26.1 Å². The number of nitrogens with one attached hydrogen (secondary N) is 1. The molecule has 0 saturated carbocycles. The van der Waals surface area contributed by atoms with Gasteiger partial charge in [0.25, 0.3) is 0 Å². The van der Waals surface area contributed by atoms with Gasteiger partial charge in [-0.05, 0) is 26.1 Å². The topological polar surface area (TPSA) is 42.2 Å². The average molecular weight is 221 g/mol. The number of ketones is 1. The van der Waals surface area contributed by atoms with Gasteiger partial charge in [0.15, 0.2) is 17.2 Å². The second-order valence-electron chi connectivity index (χ2n) is 3.64. The molecule has 0 aliphatic rings. The van der Waals surface area contributed by atoms with Gasteiger partial charge in [-0.15, -0.1) is 0 Å². The molecule has 0 saturated heterocycles. The molecule has 84 valence electrons. The van der Waals surface area contributed by atoms with E-state index in [-0.39, 0.29) is 16.9 Å². The summed E-state index contributed by atoms with van der Waals surface area (Å²) in [6.07, 6.45) is 1.41. The number of hydrogen-bond donors (Lipinski definition) is 1. The van der Waals surface area contributed by atoms with Crippen molar-refractivity contribution in [2.45, 2.75) is 13.0 Å². The van der Waals surface area contributed by atoms with Crippen LogP contribution in [0.15, 0.2) is 28.9 Å². The summed E-state index contributed by atoms with van der Waals surface area (Å²) in [4.78, 5) is 11.8. The Morgan fingerprint density at radius 1 is 1.44 bits per heavy atom. The fraction of sp³-hybridized carbons (Fsp3) is 0.250. The van der Waals surface area contributed by atoms with Crippen LogP contribution < -0.4 is 5.32 Å². The summed E-state index contributed by atoms with van der Waals surface area (Å²) in [5.74, 6) is -0.868. The van der Waals surface area contributed by atoms with Gasteiger partial charge in [0, 0.05) is 5.39 Å². The summed E-state index contributed by atoms with van der Waals surface area (Å²) >= 11 is 0. The van der Waals surface area contributed by atoms with E-state index >= 15 is 0 Å². The van der Waals surface area contributed by atoms with Crippen molar-refractivity contribution in [3.05, 3.63) is 35.8 Å². The van der Waals surface area contributed by atoms with Crippen LogP contribution in [0.1, 0.15) is 17.3 Å². The normalized spacial score (nSPS) is 12.9. The summed E-state index contributed by atoms with van der Waals surface area (Å²) in [7, 11) is 1.66. The van der Waals surface area contributed by atoms with E-state index in [9.17, 15) is 9.18 Å². The molecule has 0 spiro atoms. The van der Waals surface area contributed by atoms with Gasteiger partial charge in [-0.2, -0.15) is 0 Å². The van der Waals surface area contributed by atoms with Gasteiger partial charge in [0.2, 0.25) is 0 Å². The molecule has 1 N–H and O–H groups in total. The molecule has 1 unspecified atom stereocenters. The fourth-order valence-corrected chi connectivity index (χ4v) is 1.55.